The van der Waals surface area contributed by atoms with Gasteiger partial charge in [0.1, 0.15) is 5.75 Å². The van der Waals surface area contributed by atoms with Crippen LogP contribution in [0.4, 0.5) is 0 Å². The van der Waals surface area contributed by atoms with Crippen LogP contribution in [-0.2, 0) is 9.53 Å². The third-order valence-electron chi connectivity index (χ3n) is 3.66. The molecule has 2 aromatic rings. The Hall–Kier alpha value is -2.29. The van der Waals surface area contributed by atoms with Crippen LogP contribution in [0.25, 0.3) is 0 Å². The lowest BCUT2D eigenvalue weighted by atomic mass is 9.87. The van der Waals surface area contributed by atoms with Crippen molar-refractivity contribution < 1.29 is 14.3 Å². The van der Waals surface area contributed by atoms with Gasteiger partial charge in [0.15, 0.2) is 0 Å². The number of carbonyl (C=O) groups excluding carboxylic acids is 1. The van der Waals surface area contributed by atoms with E-state index in [1.165, 1.54) is 11.1 Å². The topological polar surface area (TPSA) is 35.5 Å². The van der Waals surface area contributed by atoms with Gasteiger partial charge in [-0.15, -0.1) is 0 Å². The number of benzene rings is 2. The van der Waals surface area contributed by atoms with Crippen LogP contribution < -0.4 is 4.74 Å². The summed E-state index contributed by atoms with van der Waals surface area (Å²) < 4.78 is 10.3. The van der Waals surface area contributed by atoms with E-state index in [0.717, 1.165) is 12.2 Å². The summed E-state index contributed by atoms with van der Waals surface area (Å²) >= 11 is 0. The summed E-state index contributed by atoms with van der Waals surface area (Å²) in [5.74, 6) is 0.870. The quantitative estimate of drug-likeness (QED) is 0.720. The maximum absolute atomic E-state index is 11.7. The summed E-state index contributed by atoms with van der Waals surface area (Å²) in [5, 5.41) is 0. The average Bonchev–Trinajstić information content (AvgIpc) is 2.57. The lowest BCUT2D eigenvalue weighted by Crippen LogP contribution is -2.08. The summed E-state index contributed by atoms with van der Waals surface area (Å²) in [4.78, 5) is 11.7. The molecule has 22 heavy (non-hydrogen) atoms. The van der Waals surface area contributed by atoms with Gasteiger partial charge in [-0.2, -0.15) is 0 Å². The van der Waals surface area contributed by atoms with Gasteiger partial charge in [0.25, 0.3) is 0 Å². The molecule has 0 saturated carbocycles. The highest BCUT2D eigenvalue weighted by atomic mass is 16.5. The van der Waals surface area contributed by atoms with Gasteiger partial charge in [-0.1, -0.05) is 42.5 Å². The van der Waals surface area contributed by atoms with Crippen molar-refractivity contribution in [1.29, 1.82) is 0 Å². The van der Waals surface area contributed by atoms with Gasteiger partial charge in [-0.3, -0.25) is 4.79 Å². The van der Waals surface area contributed by atoms with Crippen LogP contribution >= 0.6 is 0 Å². The van der Waals surface area contributed by atoms with E-state index in [1.54, 1.807) is 7.11 Å². The Kier molecular flexibility index (Phi) is 6.01. The van der Waals surface area contributed by atoms with E-state index in [1.807, 2.05) is 37.3 Å². The van der Waals surface area contributed by atoms with Gasteiger partial charge in [-0.05, 0) is 36.6 Å². The van der Waals surface area contributed by atoms with Crippen LogP contribution in [0, 0.1) is 0 Å². The van der Waals surface area contributed by atoms with E-state index in [4.69, 9.17) is 9.47 Å². The van der Waals surface area contributed by atoms with Crippen LogP contribution in [0.1, 0.15) is 36.8 Å². The molecular weight excluding hydrogens is 276 g/mol. The first kappa shape index (κ1) is 16.1. The number of rotatable bonds is 7. The zero-order valence-electron chi connectivity index (χ0n) is 13.1. The minimum absolute atomic E-state index is 0.142. The van der Waals surface area contributed by atoms with Crippen LogP contribution in [0.3, 0.4) is 0 Å². The molecule has 0 radical (unpaired) electrons. The van der Waals surface area contributed by atoms with E-state index in [9.17, 15) is 4.79 Å². The summed E-state index contributed by atoms with van der Waals surface area (Å²) in [5.41, 5.74) is 2.38. The molecule has 116 valence electrons. The lowest BCUT2D eigenvalue weighted by molar-refractivity contribution is -0.143. The van der Waals surface area contributed by atoms with Gasteiger partial charge in [0.05, 0.1) is 13.7 Å². The second kappa shape index (κ2) is 8.23. The molecule has 0 saturated heterocycles. The number of carbonyl (C=O) groups is 1. The molecule has 0 amide bonds. The van der Waals surface area contributed by atoms with E-state index in [-0.39, 0.29) is 11.9 Å². The number of hydrogen-bond acceptors (Lipinski definition) is 3. The zero-order valence-corrected chi connectivity index (χ0v) is 13.1. The van der Waals surface area contributed by atoms with Gasteiger partial charge in [-0.25, -0.2) is 0 Å². The zero-order chi connectivity index (χ0) is 15.8. The maximum atomic E-state index is 11.7. The minimum Gasteiger partial charge on any atom is -0.497 e. The van der Waals surface area contributed by atoms with Crippen molar-refractivity contribution >= 4 is 5.97 Å². The predicted molar refractivity (Wildman–Crippen MR) is 87.1 cm³/mol. The van der Waals surface area contributed by atoms with Gasteiger partial charge >= 0.3 is 5.97 Å². The van der Waals surface area contributed by atoms with Crippen LogP contribution in [-0.4, -0.2) is 19.7 Å². The third-order valence-corrected chi connectivity index (χ3v) is 3.66. The molecule has 0 aromatic heterocycles. The Morgan fingerprint density at radius 3 is 2.23 bits per heavy atom. The van der Waals surface area contributed by atoms with Gasteiger partial charge in [0, 0.05) is 12.3 Å². The van der Waals surface area contributed by atoms with Crippen molar-refractivity contribution in [3.63, 3.8) is 0 Å². The van der Waals surface area contributed by atoms with Crippen molar-refractivity contribution in [2.45, 2.75) is 25.7 Å². The third kappa shape index (κ3) is 4.35. The van der Waals surface area contributed by atoms with Gasteiger partial charge < -0.3 is 9.47 Å². The van der Waals surface area contributed by atoms with Crippen molar-refractivity contribution in [3.8, 4) is 5.75 Å². The van der Waals surface area contributed by atoms with E-state index < -0.39 is 0 Å². The first-order chi connectivity index (χ1) is 10.7. The standard InChI is InChI=1S/C19H22O3/c1-3-22-19(20)14-13-18(15-7-5-4-6-8-15)16-9-11-17(21-2)12-10-16/h4-12,18H,3,13-14H2,1-2H3/t18-/m1/s1. The molecular formula is C19H22O3. The Bertz CT molecular complexity index is 575. The normalized spacial score (nSPS) is 11.7. The molecule has 0 bridgehead atoms. The number of methoxy groups -OCH3 is 1. The first-order valence-corrected chi connectivity index (χ1v) is 7.59. The molecule has 2 aromatic carbocycles. The molecule has 0 unspecified atom stereocenters. The summed E-state index contributed by atoms with van der Waals surface area (Å²) in [6, 6.07) is 18.3. The maximum Gasteiger partial charge on any atom is 0.305 e. The Morgan fingerprint density at radius 2 is 1.64 bits per heavy atom. The highest BCUT2D eigenvalue weighted by Crippen LogP contribution is 2.30. The van der Waals surface area contributed by atoms with Crippen molar-refractivity contribution in [2.75, 3.05) is 13.7 Å². The van der Waals surface area contributed by atoms with E-state index in [2.05, 4.69) is 24.3 Å². The van der Waals surface area contributed by atoms with Crippen molar-refractivity contribution in [3.05, 3.63) is 65.7 Å². The molecule has 3 heteroatoms. The van der Waals surface area contributed by atoms with Crippen molar-refractivity contribution in [2.24, 2.45) is 0 Å². The van der Waals surface area contributed by atoms with Gasteiger partial charge in [0.2, 0.25) is 0 Å². The molecule has 0 aliphatic carbocycles. The minimum atomic E-state index is -0.142. The second-order valence-corrected chi connectivity index (χ2v) is 5.08. The molecule has 0 heterocycles. The van der Waals surface area contributed by atoms with Crippen molar-refractivity contribution in [1.82, 2.24) is 0 Å². The lowest BCUT2D eigenvalue weighted by Gasteiger charge is -2.18. The summed E-state index contributed by atoms with van der Waals surface area (Å²) in [6.07, 6.45) is 1.15. The first-order valence-electron chi connectivity index (χ1n) is 7.59. The Morgan fingerprint density at radius 1 is 1.00 bits per heavy atom. The van der Waals surface area contributed by atoms with Crippen LogP contribution in [0.15, 0.2) is 54.6 Å². The monoisotopic (exact) mass is 298 g/mol. The highest BCUT2D eigenvalue weighted by Gasteiger charge is 2.16. The Balaban J connectivity index is 2.19. The number of hydrogen-bond donors (Lipinski definition) is 0. The molecule has 0 aliphatic rings. The number of esters is 1. The summed E-state index contributed by atoms with van der Waals surface area (Å²) in [6.45, 7) is 2.26. The predicted octanol–water partition coefficient (Wildman–Crippen LogP) is 4.17. The fourth-order valence-electron chi connectivity index (χ4n) is 2.54. The van der Waals surface area contributed by atoms with Crippen LogP contribution in [0.2, 0.25) is 0 Å². The SMILES string of the molecule is CCOC(=O)CC[C@H](c1ccccc1)c1ccc(OC)cc1. The van der Waals surface area contributed by atoms with E-state index >= 15 is 0 Å². The highest BCUT2D eigenvalue weighted by molar-refractivity contribution is 5.69. The molecule has 0 fully saturated rings. The average molecular weight is 298 g/mol. The Labute approximate surface area is 131 Å². The molecule has 3 nitrogen and oxygen atoms in total. The molecule has 2 rings (SSSR count). The molecule has 0 aliphatic heterocycles. The largest absolute Gasteiger partial charge is 0.497 e. The van der Waals surface area contributed by atoms with Crippen LogP contribution in [0.5, 0.6) is 5.75 Å². The molecule has 1 atom stereocenters. The fourth-order valence-corrected chi connectivity index (χ4v) is 2.54. The molecule has 0 N–H and O–H groups in total. The summed E-state index contributed by atoms with van der Waals surface area (Å²) in [7, 11) is 1.66. The second-order valence-electron chi connectivity index (χ2n) is 5.08. The molecule has 0 spiro atoms. The number of ether oxygens (including phenoxy) is 2. The van der Waals surface area contributed by atoms with E-state index in [0.29, 0.717) is 13.0 Å². The fraction of sp³-hybridized carbons (Fsp3) is 0.316. The smallest absolute Gasteiger partial charge is 0.305 e.